The summed E-state index contributed by atoms with van der Waals surface area (Å²) in [5.74, 6) is 0.637. The number of carbonyl (C=O) groups excluding carboxylic acids is 2. The number of esters is 2. The van der Waals surface area contributed by atoms with Crippen molar-refractivity contribution in [3.05, 3.63) is 53.4 Å². The van der Waals surface area contributed by atoms with E-state index in [0.29, 0.717) is 28.6 Å². The summed E-state index contributed by atoms with van der Waals surface area (Å²) in [4.78, 5) is 28.2. The third kappa shape index (κ3) is 4.92. The average Bonchev–Trinajstić information content (AvgIpc) is 3.29. The van der Waals surface area contributed by atoms with Crippen molar-refractivity contribution >= 4 is 17.6 Å². The Labute approximate surface area is 178 Å². The fraction of sp³-hybridized carbons (Fsp3) is 0.238. The lowest BCUT2D eigenvalue weighted by molar-refractivity contribution is 0.0599. The third-order valence-corrected chi connectivity index (χ3v) is 4.34. The van der Waals surface area contributed by atoms with Gasteiger partial charge >= 0.3 is 11.9 Å². The Morgan fingerprint density at radius 3 is 2.19 bits per heavy atom. The maximum absolute atomic E-state index is 11.9. The molecule has 2 aromatic carbocycles. The molecule has 3 aromatic rings. The highest BCUT2D eigenvalue weighted by Crippen LogP contribution is 2.31. The quantitative estimate of drug-likeness (QED) is 0.537. The van der Waals surface area contributed by atoms with Crippen LogP contribution in [0.25, 0.3) is 11.4 Å². The minimum absolute atomic E-state index is 0.150. The van der Waals surface area contributed by atoms with Crippen LogP contribution >= 0.6 is 0 Å². The summed E-state index contributed by atoms with van der Waals surface area (Å²) in [6.07, 6.45) is 0. The smallest absolute Gasteiger partial charge is 0.337 e. The normalized spacial score (nSPS) is 10.3. The topological polar surface area (TPSA) is 122 Å². The van der Waals surface area contributed by atoms with Crippen molar-refractivity contribution in [1.82, 2.24) is 10.1 Å². The summed E-state index contributed by atoms with van der Waals surface area (Å²) in [5, 5.41) is 7.03. The zero-order valence-electron chi connectivity index (χ0n) is 17.4. The monoisotopic (exact) mass is 427 g/mol. The second kappa shape index (κ2) is 9.61. The van der Waals surface area contributed by atoms with E-state index in [4.69, 9.17) is 23.5 Å². The molecule has 1 heterocycles. The maximum Gasteiger partial charge on any atom is 0.337 e. The van der Waals surface area contributed by atoms with Gasteiger partial charge in [0.1, 0.15) is 11.5 Å². The molecule has 0 spiro atoms. The van der Waals surface area contributed by atoms with E-state index in [1.165, 1.54) is 27.4 Å². The molecular weight excluding hydrogens is 406 g/mol. The number of hydrogen-bond acceptors (Lipinski definition) is 10. The van der Waals surface area contributed by atoms with Crippen molar-refractivity contribution in [1.29, 1.82) is 0 Å². The van der Waals surface area contributed by atoms with Crippen LogP contribution in [0.5, 0.6) is 11.5 Å². The molecular formula is C21H21N3O7. The van der Waals surface area contributed by atoms with Crippen molar-refractivity contribution in [3.8, 4) is 22.9 Å². The summed E-state index contributed by atoms with van der Waals surface area (Å²) >= 11 is 0. The number of aromatic nitrogens is 2. The van der Waals surface area contributed by atoms with Gasteiger partial charge in [0, 0.05) is 11.8 Å². The van der Waals surface area contributed by atoms with Gasteiger partial charge in [-0.2, -0.15) is 4.98 Å². The van der Waals surface area contributed by atoms with Crippen LogP contribution in [0.3, 0.4) is 0 Å². The largest absolute Gasteiger partial charge is 0.497 e. The molecule has 31 heavy (non-hydrogen) atoms. The molecule has 0 unspecified atom stereocenters. The van der Waals surface area contributed by atoms with Crippen LogP contribution in [0.15, 0.2) is 40.9 Å². The van der Waals surface area contributed by atoms with Crippen LogP contribution in [-0.4, -0.2) is 50.5 Å². The Bertz CT molecular complexity index is 1060. The van der Waals surface area contributed by atoms with Crippen molar-refractivity contribution < 1.29 is 33.1 Å². The van der Waals surface area contributed by atoms with E-state index in [9.17, 15) is 9.59 Å². The van der Waals surface area contributed by atoms with Gasteiger partial charge in [-0.05, 0) is 30.3 Å². The van der Waals surface area contributed by atoms with Gasteiger partial charge in [-0.3, -0.25) is 0 Å². The second-order valence-corrected chi connectivity index (χ2v) is 6.21. The van der Waals surface area contributed by atoms with Gasteiger partial charge in [-0.1, -0.05) is 5.16 Å². The van der Waals surface area contributed by atoms with Gasteiger partial charge in [0.15, 0.2) is 0 Å². The average molecular weight is 427 g/mol. The standard InChI is InChI=1S/C21H21N3O7/c1-27-15-5-6-16(17(10-15)28-2)19-23-18(31-24-19)11-22-14-8-12(20(25)29-3)7-13(9-14)21(26)30-4/h5-10,22H,11H2,1-4H3. The van der Waals surface area contributed by atoms with Gasteiger partial charge in [0.25, 0.3) is 0 Å². The molecule has 0 saturated heterocycles. The number of ether oxygens (including phenoxy) is 4. The minimum Gasteiger partial charge on any atom is -0.497 e. The van der Waals surface area contributed by atoms with Gasteiger partial charge in [0.05, 0.1) is 51.7 Å². The van der Waals surface area contributed by atoms with Gasteiger partial charge in [0.2, 0.25) is 11.7 Å². The lowest BCUT2D eigenvalue weighted by Gasteiger charge is -2.09. The Morgan fingerprint density at radius 1 is 0.935 bits per heavy atom. The van der Waals surface area contributed by atoms with E-state index in [0.717, 1.165) is 0 Å². The molecule has 10 heteroatoms. The molecule has 1 aromatic heterocycles. The number of methoxy groups -OCH3 is 4. The van der Waals surface area contributed by atoms with E-state index < -0.39 is 11.9 Å². The second-order valence-electron chi connectivity index (χ2n) is 6.21. The molecule has 0 saturated carbocycles. The Kier molecular flexibility index (Phi) is 6.71. The van der Waals surface area contributed by atoms with Crippen LogP contribution in [0.2, 0.25) is 0 Å². The molecule has 0 aliphatic carbocycles. The first-order chi connectivity index (χ1) is 15.0. The Morgan fingerprint density at radius 2 is 1.61 bits per heavy atom. The number of carbonyl (C=O) groups is 2. The number of rotatable bonds is 8. The lowest BCUT2D eigenvalue weighted by atomic mass is 10.1. The number of benzene rings is 2. The van der Waals surface area contributed by atoms with E-state index in [-0.39, 0.29) is 23.6 Å². The maximum atomic E-state index is 11.9. The zero-order valence-corrected chi connectivity index (χ0v) is 17.4. The molecule has 3 rings (SSSR count). The molecule has 0 bridgehead atoms. The molecule has 0 aliphatic heterocycles. The molecule has 0 fully saturated rings. The van der Waals surface area contributed by atoms with Gasteiger partial charge < -0.3 is 28.8 Å². The molecule has 0 radical (unpaired) electrons. The first kappa shape index (κ1) is 21.6. The minimum atomic E-state index is -0.583. The summed E-state index contributed by atoms with van der Waals surface area (Å²) in [5.41, 5.74) is 1.51. The molecule has 0 amide bonds. The molecule has 0 atom stereocenters. The first-order valence-corrected chi connectivity index (χ1v) is 9.09. The number of hydrogen-bond donors (Lipinski definition) is 1. The third-order valence-electron chi connectivity index (χ3n) is 4.34. The van der Waals surface area contributed by atoms with Crippen LogP contribution in [0, 0.1) is 0 Å². The van der Waals surface area contributed by atoms with Crippen molar-refractivity contribution in [3.63, 3.8) is 0 Å². The molecule has 10 nitrogen and oxygen atoms in total. The van der Waals surface area contributed by atoms with Crippen molar-refractivity contribution in [2.75, 3.05) is 33.8 Å². The predicted octanol–water partition coefficient (Wildman–Crippen LogP) is 2.94. The molecule has 162 valence electrons. The van der Waals surface area contributed by atoms with E-state index in [2.05, 4.69) is 15.5 Å². The molecule has 0 aliphatic rings. The van der Waals surface area contributed by atoms with Crippen LogP contribution in [0.4, 0.5) is 5.69 Å². The fourth-order valence-corrected chi connectivity index (χ4v) is 2.80. The number of nitrogens with one attached hydrogen (secondary N) is 1. The summed E-state index contributed by atoms with van der Waals surface area (Å²) in [6.45, 7) is 0.150. The fourth-order valence-electron chi connectivity index (χ4n) is 2.80. The van der Waals surface area contributed by atoms with E-state index in [1.54, 1.807) is 37.4 Å². The highest BCUT2D eigenvalue weighted by molar-refractivity contribution is 5.96. The summed E-state index contributed by atoms with van der Waals surface area (Å²) in [7, 11) is 5.61. The highest BCUT2D eigenvalue weighted by Gasteiger charge is 2.16. The Hall–Kier alpha value is -4.08. The van der Waals surface area contributed by atoms with Crippen LogP contribution < -0.4 is 14.8 Å². The predicted molar refractivity (Wildman–Crippen MR) is 109 cm³/mol. The van der Waals surface area contributed by atoms with Crippen molar-refractivity contribution in [2.45, 2.75) is 6.54 Å². The Balaban J connectivity index is 1.81. The van der Waals surface area contributed by atoms with E-state index in [1.807, 2.05) is 0 Å². The lowest BCUT2D eigenvalue weighted by Crippen LogP contribution is -2.09. The zero-order chi connectivity index (χ0) is 22.4. The van der Waals surface area contributed by atoms with Crippen LogP contribution in [-0.2, 0) is 16.0 Å². The van der Waals surface area contributed by atoms with E-state index >= 15 is 0 Å². The van der Waals surface area contributed by atoms with Gasteiger partial charge in [-0.25, -0.2) is 9.59 Å². The highest BCUT2D eigenvalue weighted by atomic mass is 16.5. The van der Waals surface area contributed by atoms with Crippen LogP contribution in [0.1, 0.15) is 26.6 Å². The van der Waals surface area contributed by atoms with Gasteiger partial charge in [-0.15, -0.1) is 0 Å². The van der Waals surface area contributed by atoms with Crippen molar-refractivity contribution in [2.24, 2.45) is 0 Å². The first-order valence-electron chi connectivity index (χ1n) is 9.09. The summed E-state index contributed by atoms with van der Waals surface area (Å²) < 4.78 is 25.3. The molecule has 1 N–H and O–H groups in total. The number of nitrogens with zero attached hydrogens (tertiary/aromatic N) is 2. The summed E-state index contributed by atoms with van der Waals surface area (Å²) in [6, 6.07) is 9.73. The SMILES string of the molecule is COC(=O)c1cc(NCc2nc(-c3ccc(OC)cc3OC)no2)cc(C(=O)OC)c1. The number of anilines is 1.